The second-order valence-corrected chi connectivity index (χ2v) is 5.16. The van der Waals surface area contributed by atoms with Gasteiger partial charge in [0.2, 0.25) is 0 Å². The molecular weight excluding hydrogens is 262 g/mol. The lowest BCUT2D eigenvalue weighted by atomic mass is 10.0. The molecule has 0 radical (unpaired) electrons. The van der Waals surface area contributed by atoms with Crippen LogP contribution in [0.1, 0.15) is 22.3 Å². The van der Waals surface area contributed by atoms with E-state index in [1.807, 2.05) is 25.2 Å². The first-order valence-electron chi connectivity index (χ1n) is 7.15. The molecule has 0 aliphatic heterocycles. The molecule has 0 atom stereocenters. The molecule has 3 nitrogen and oxygen atoms in total. The Morgan fingerprint density at radius 2 is 1.76 bits per heavy atom. The Morgan fingerprint density at radius 1 is 1.05 bits per heavy atom. The summed E-state index contributed by atoms with van der Waals surface area (Å²) < 4.78 is 11.3. The monoisotopic (exact) mass is 285 g/mol. The van der Waals surface area contributed by atoms with Crippen molar-refractivity contribution in [2.75, 3.05) is 14.2 Å². The van der Waals surface area contributed by atoms with Crippen molar-refractivity contribution in [2.24, 2.45) is 0 Å². The van der Waals surface area contributed by atoms with Crippen LogP contribution in [0, 0.1) is 13.8 Å². The summed E-state index contributed by atoms with van der Waals surface area (Å²) in [5.41, 5.74) is 4.88. The summed E-state index contributed by atoms with van der Waals surface area (Å²) in [6, 6.07) is 12.2. The molecule has 0 bridgehead atoms. The molecule has 2 aromatic rings. The fourth-order valence-electron chi connectivity index (χ4n) is 2.38. The zero-order chi connectivity index (χ0) is 15.2. The Bertz CT molecular complexity index is 588. The average molecular weight is 285 g/mol. The number of nitrogens with one attached hydrogen (secondary N) is 1. The largest absolute Gasteiger partial charge is 0.497 e. The highest BCUT2D eigenvalue weighted by atomic mass is 16.5. The van der Waals surface area contributed by atoms with Gasteiger partial charge >= 0.3 is 0 Å². The molecule has 0 amide bonds. The van der Waals surface area contributed by atoms with Crippen LogP contribution in [0.2, 0.25) is 0 Å². The number of rotatable bonds is 6. The maximum absolute atomic E-state index is 6.04. The zero-order valence-electron chi connectivity index (χ0n) is 13.2. The molecule has 2 rings (SSSR count). The minimum Gasteiger partial charge on any atom is -0.497 e. The van der Waals surface area contributed by atoms with Crippen LogP contribution >= 0.6 is 0 Å². The van der Waals surface area contributed by atoms with E-state index in [1.54, 1.807) is 7.11 Å². The van der Waals surface area contributed by atoms with E-state index in [9.17, 15) is 0 Å². The third kappa shape index (κ3) is 3.76. The summed E-state index contributed by atoms with van der Waals surface area (Å²) in [4.78, 5) is 0. The second kappa shape index (κ2) is 7.14. The fraction of sp³-hybridized carbons (Fsp3) is 0.333. The summed E-state index contributed by atoms with van der Waals surface area (Å²) in [6.07, 6.45) is 0. The first-order chi connectivity index (χ1) is 10.2. The van der Waals surface area contributed by atoms with Crippen LogP contribution in [0.15, 0.2) is 36.4 Å². The molecular formula is C18H23NO2. The van der Waals surface area contributed by atoms with Crippen LogP contribution in [0.25, 0.3) is 0 Å². The summed E-state index contributed by atoms with van der Waals surface area (Å²) in [5.74, 6) is 1.74. The van der Waals surface area contributed by atoms with E-state index in [0.29, 0.717) is 6.61 Å². The van der Waals surface area contributed by atoms with E-state index in [0.717, 1.165) is 23.6 Å². The first kappa shape index (κ1) is 15.4. The number of aryl methyl sites for hydroxylation is 2. The lowest BCUT2D eigenvalue weighted by Crippen LogP contribution is -2.08. The molecule has 0 fully saturated rings. The Hall–Kier alpha value is -2.00. The third-order valence-electron chi connectivity index (χ3n) is 3.65. The maximum atomic E-state index is 6.04. The Kier molecular flexibility index (Phi) is 5.23. The molecule has 0 saturated carbocycles. The van der Waals surface area contributed by atoms with Gasteiger partial charge in [-0.15, -0.1) is 0 Å². The van der Waals surface area contributed by atoms with E-state index in [2.05, 4.69) is 37.4 Å². The van der Waals surface area contributed by atoms with Crippen molar-refractivity contribution in [1.29, 1.82) is 0 Å². The molecule has 0 aliphatic rings. The molecule has 112 valence electrons. The standard InChI is InChI=1S/C18H23NO2/c1-13-6-5-7-14(2)17(13)12-21-18-9-8-16(20-4)10-15(18)11-19-3/h5-10,19H,11-12H2,1-4H3. The lowest BCUT2D eigenvalue weighted by molar-refractivity contribution is 0.300. The van der Waals surface area contributed by atoms with Gasteiger partial charge < -0.3 is 14.8 Å². The third-order valence-corrected chi connectivity index (χ3v) is 3.65. The highest BCUT2D eigenvalue weighted by Gasteiger charge is 2.08. The second-order valence-electron chi connectivity index (χ2n) is 5.16. The van der Waals surface area contributed by atoms with Gasteiger partial charge in [0.05, 0.1) is 7.11 Å². The van der Waals surface area contributed by atoms with E-state index < -0.39 is 0 Å². The number of ether oxygens (including phenoxy) is 2. The highest BCUT2D eigenvalue weighted by molar-refractivity contribution is 5.41. The lowest BCUT2D eigenvalue weighted by Gasteiger charge is -2.15. The molecule has 0 heterocycles. The minimum atomic E-state index is 0.585. The zero-order valence-corrected chi connectivity index (χ0v) is 13.2. The number of benzene rings is 2. The van der Waals surface area contributed by atoms with E-state index in [4.69, 9.17) is 9.47 Å². The van der Waals surface area contributed by atoms with Crippen LogP contribution in [0.4, 0.5) is 0 Å². The normalized spacial score (nSPS) is 10.5. The number of hydrogen-bond acceptors (Lipinski definition) is 3. The average Bonchev–Trinajstić information content (AvgIpc) is 2.48. The van der Waals surface area contributed by atoms with Crippen molar-refractivity contribution in [3.05, 3.63) is 58.7 Å². The van der Waals surface area contributed by atoms with Crippen LogP contribution in [-0.2, 0) is 13.2 Å². The molecule has 21 heavy (non-hydrogen) atoms. The molecule has 3 heteroatoms. The molecule has 0 aromatic heterocycles. The van der Waals surface area contributed by atoms with E-state index in [-0.39, 0.29) is 0 Å². The highest BCUT2D eigenvalue weighted by Crippen LogP contribution is 2.26. The van der Waals surface area contributed by atoms with E-state index >= 15 is 0 Å². The van der Waals surface area contributed by atoms with Crippen molar-refractivity contribution in [3.8, 4) is 11.5 Å². The predicted octanol–water partition coefficient (Wildman–Crippen LogP) is 3.61. The number of hydrogen-bond donors (Lipinski definition) is 1. The maximum Gasteiger partial charge on any atom is 0.124 e. The van der Waals surface area contributed by atoms with Crippen LogP contribution in [0.5, 0.6) is 11.5 Å². The molecule has 1 N–H and O–H groups in total. The molecule has 0 aliphatic carbocycles. The number of methoxy groups -OCH3 is 1. The minimum absolute atomic E-state index is 0.585. The molecule has 0 saturated heterocycles. The van der Waals surface area contributed by atoms with Crippen molar-refractivity contribution in [2.45, 2.75) is 27.0 Å². The summed E-state index contributed by atoms with van der Waals surface area (Å²) in [7, 11) is 3.60. The van der Waals surface area contributed by atoms with Gasteiger partial charge in [0.15, 0.2) is 0 Å². The predicted molar refractivity (Wildman–Crippen MR) is 86.0 cm³/mol. The molecule has 0 unspecified atom stereocenters. The van der Waals surface area contributed by atoms with Crippen molar-refractivity contribution < 1.29 is 9.47 Å². The van der Waals surface area contributed by atoms with Crippen molar-refractivity contribution in [3.63, 3.8) is 0 Å². The summed E-state index contributed by atoms with van der Waals surface area (Å²) in [5, 5.41) is 3.16. The molecule has 0 spiro atoms. The van der Waals surface area contributed by atoms with Gasteiger partial charge in [0.25, 0.3) is 0 Å². The fourth-order valence-corrected chi connectivity index (χ4v) is 2.38. The van der Waals surface area contributed by atoms with Gasteiger partial charge in [-0.05, 0) is 55.8 Å². The SMILES string of the molecule is CNCc1cc(OC)ccc1OCc1c(C)cccc1C. The van der Waals surface area contributed by atoms with Gasteiger partial charge in [-0.2, -0.15) is 0 Å². The molecule has 2 aromatic carbocycles. The van der Waals surface area contributed by atoms with Gasteiger partial charge in [-0.1, -0.05) is 18.2 Å². The first-order valence-corrected chi connectivity index (χ1v) is 7.15. The van der Waals surface area contributed by atoms with Crippen molar-refractivity contribution in [1.82, 2.24) is 5.32 Å². The van der Waals surface area contributed by atoms with E-state index in [1.165, 1.54) is 16.7 Å². The Morgan fingerprint density at radius 3 is 2.38 bits per heavy atom. The van der Waals surface area contributed by atoms with Crippen LogP contribution in [-0.4, -0.2) is 14.2 Å². The van der Waals surface area contributed by atoms with Gasteiger partial charge in [0, 0.05) is 12.1 Å². The Balaban J connectivity index is 2.19. The smallest absolute Gasteiger partial charge is 0.124 e. The van der Waals surface area contributed by atoms with Crippen molar-refractivity contribution >= 4 is 0 Å². The van der Waals surface area contributed by atoms with Crippen LogP contribution in [0.3, 0.4) is 0 Å². The summed E-state index contributed by atoms with van der Waals surface area (Å²) >= 11 is 0. The summed E-state index contributed by atoms with van der Waals surface area (Å²) in [6.45, 7) is 5.57. The van der Waals surface area contributed by atoms with Gasteiger partial charge in [-0.25, -0.2) is 0 Å². The van der Waals surface area contributed by atoms with Gasteiger partial charge in [-0.3, -0.25) is 0 Å². The quantitative estimate of drug-likeness (QED) is 0.879. The van der Waals surface area contributed by atoms with Crippen LogP contribution < -0.4 is 14.8 Å². The van der Waals surface area contributed by atoms with Gasteiger partial charge in [0.1, 0.15) is 18.1 Å². The Labute approximate surface area is 126 Å². The topological polar surface area (TPSA) is 30.5 Å².